The van der Waals surface area contributed by atoms with Gasteiger partial charge in [-0.05, 0) is 36.4 Å². The first-order valence-electron chi connectivity index (χ1n) is 8.40. The second-order valence-electron chi connectivity index (χ2n) is 6.90. The predicted octanol–water partition coefficient (Wildman–Crippen LogP) is 2.29. The molecule has 2 heterocycles. The van der Waals surface area contributed by atoms with Crippen LogP contribution in [0.15, 0.2) is 30.5 Å². The number of ether oxygens (including phenoxy) is 1. The Hall–Kier alpha value is -2.83. The van der Waals surface area contributed by atoms with Crippen molar-refractivity contribution in [2.45, 2.75) is 32.9 Å². The number of H-pyrrole nitrogens is 1. The molecule has 2 N–H and O–H groups in total. The number of rotatable bonds is 6. The first-order chi connectivity index (χ1) is 12.0. The summed E-state index contributed by atoms with van der Waals surface area (Å²) in [7, 11) is 1.78. The first kappa shape index (κ1) is 15.7. The fourth-order valence-corrected chi connectivity index (χ4v) is 2.77. The van der Waals surface area contributed by atoms with Gasteiger partial charge in [-0.2, -0.15) is 15.0 Å². The number of hydrogen-bond donors (Lipinski definition) is 2. The van der Waals surface area contributed by atoms with E-state index in [1.54, 1.807) is 13.2 Å². The van der Waals surface area contributed by atoms with Crippen LogP contribution in [-0.2, 0) is 25.0 Å². The van der Waals surface area contributed by atoms with Crippen LogP contribution in [0.5, 0.6) is 5.75 Å². The van der Waals surface area contributed by atoms with Crippen LogP contribution in [0.2, 0.25) is 0 Å². The summed E-state index contributed by atoms with van der Waals surface area (Å²) >= 11 is 0. The monoisotopic (exact) mass is 339 g/mol. The Bertz CT molecular complexity index is 923. The average molecular weight is 339 g/mol. The lowest BCUT2D eigenvalue weighted by molar-refractivity contribution is -0.125. The molecular weight excluding hydrogens is 318 g/mol. The zero-order valence-corrected chi connectivity index (χ0v) is 14.4. The van der Waals surface area contributed by atoms with E-state index in [0.29, 0.717) is 13.2 Å². The molecule has 1 aromatic carbocycles. The maximum Gasteiger partial charge on any atom is 0.226 e. The van der Waals surface area contributed by atoms with Crippen molar-refractivity contribution in [2.24, 2.45) is 12.5 Å². The lowest BCUT2D eigenvalue weighted by Gasteiger charge is -2.08. The average Bonchev–Trinajstić information content (AvgIpc) is 3.04. The van der Waals surface area contributed by atoms with E-state index >= 15 is 0 Å². The van der Waals surface area contributed by atoms with E-state index in [0.717, 1.165) is 40.9 Å². The van der Waals surface area contributed by atoms with Gasteiger partial charge in [0.05, 0.1) is 12.7 Å². The number of nitrogens with zero attached hydrogens (tertiary/aromatic N) is 3. The Morgan fingerprint density at radius 1 is 1.40 bits per heavy atom. The summed E-state index contributed by atoms with van der Waals surface area (Å²) in [6, 6.07) is 7.95. The van der Waals surface area contributed by atoms with Crippen LogP contribution in [-0.4, -0.2) is 25.9 Å². The van der Waals surface area contributed by atoms with Crippen molar-refractivity contribution in [3.05, 3.63) is 41.9 Å². The summed E-state index contributed by atoms with van der Waals surface area (Å²) in [5, 5.41) is 12.3. The number of amides is 1. The van der Waals surface area contributed by atoms with Gasteiger partial charge in [0.2, 0.25) is 5.91 Å². The Morgan fingerprint density at radius 3 is 2.96 bits per heavy atom. The van der Waals surface area contributed by atoms with Crippen molar-refractivity contribution >= 4 is 16.8 Å². The summed E-state index contributed by atoms with van der Waals surface area (Å²) in [6.07, 6.45) is 3.66. The molecule has 0 spiro atoms. The number of hydrogen-bond acceptors (Lipinski definition) is 4. The Morgan fingerprint density at radius 2 is 2.24 bits per heavy atom. The van der Waals surface area contributed by atoms with Gasteiger partial charge in [-0.3, -0.25) is 4.79 Å². The lowest BCUT2D eigenvalue weighted by Crippen LogP contribution is -2.29. The molecule has 1 amide bonds. The third-order valence-electron chi connectivity index (χ3n) is 4.67. The van der Waals surface area contributed by atoms with Crippen molar-refractivity contribution < 1.29 is 9.53 Å². The van der Waals surface area contributed by atoms with Crippen LogP contribution in [0.25, 0.3) is 10.9 Å². The molecule has 1 fully saturated rings. The largest absolute Gasteiger partial charge is 0.487 e. The fraction of sp³-hybridized carbons (Fsp3) is 0.389. The molecule has 0 radical (unpaired) electrons. The van der Waals surface area contributed by atoms with Gasteiger partial charge >= 0.3 is 0 Å². The predicted molar refractivity (Wildman–Crippen MR) is 92.8 cm³/mol. The van der Waals surface area contributed by atoms with E-state index in [9.17, 15) is 4.79 Å². The van der Waals surface area contributed by atoms with Crippen molar-refractivity contribution in [3.8, 4) is 5.75 Å². The van der Waals surface area contributed by atoms with Gasteiger partial charge < -0.3 is 15.0 Å². The van der Waals surface area contributed by atoms with Crippen molar-refractivity contribution in [1.82, 2.24) is 25.3 Å². The third kappa shape index (κ3) is 3.35. The van der Waals surface area contributed by atoms with E-state index in [1.807, 2.05) is 25.1 Å². The number of carbonyl (C=O) groups is 1. The molecule has 1 aliphatic rings. The molecule has 0 saturated heterocycles. The molecule has 1 saturated carbocycles. The molecular formula is C18H21N5O2. The molecule has 2 aromatic heterocycles. The second kappa shape index (κ2) is 5.91. The van der Waals surface area contributed by atoms with Gasteiger partial charge in [-0.1, -0.05) is 6.92 Å². The molecule has 0 unspecified atom stereocenters. The highest BCUT2D eigenvalue weighted by atomic mass is 16.5. The standard InChI is InChI=1S/C18H21N5O2/c1-18(5-6-18)17(24)19-9-13-7-12-3-4-15(8-16(12)21-13)25-11-14-10-20-23(2)22-14/h3-4,7-8,10,21H,5-6,9,11H2,1-2H3,(H,19,24). The minimum absolute atomic E-state index is 0.138. The summed E-state index contributed by atoms with van der Waals surface area (Å²) in [4.78, 5) is 16.9. The van der Waals surface area contributed by atoms with Gasteiger partial charge in [0.1, 0.15) is 18.1 Å². The van der Waals surface area contributed by atoms with Gasteiger partial charge in [0, 0.05) is 29.7 Å². The van der Waals surface area contributed by atoms with Crippen LogP contribution in [0.4, 0.5) is 0 Å². The molecule has 0 bridgehead atoms. The Labute approximate surface area is 145 Å². The molecule has 0 aliphatic heterocycles. The second-order valence-corrected chi connectivity index (χ2v) is 6.90. The number of benzene rings is 1. The molecule has 25 heavy (non-hydrogen) atoms. The van der Waals surface area contributed by atoms with E-state index in [2.05, 4.69) is 26.6 Å². The number of aromatic amines is 1. The minimum Gasteiger partial charge on any atom is -0.487 e. The molecule has 1 aliphatic carbocycles. The third-order valence-corrected chi connectivity index (χ3v) is 4.67. The molecule has 3 aromatic rings. The quantitative estimate of drug-likeness (QED) is 0.721. The smallest absolute Gasteiger partial charge is 0.226 e. The van der Waals surface area contributed by atoms with Gasteiger partial charge in [-0.15, -0.1) is 0 Å². The van der Waals surface area contributed by atoms with Crippen molar-refractivity contribution in [3.63, 3.8) is 0 Å². The van der Waals surface area contributed by atoms with Crippen molar-refractivity contribution in [2.75, 3.05) is 0 Å². The topological polar surface area (TPSA) is 84.8 Å². The summed E-state index contributed by atoms with van der Waals surface area (Å²) in [5.74, 6) is 0.903. The van der Waals surface area contributed by atoms with E-state index in [-0.39, 0.29) is 11.3 Å². The van der Waals surface area contributed by atoms with E-state index < -0.39 is 0 Å². The molecule has 4 rings (SSSR count). The molecule has 130 valence electrons. The lowest BCUT2D eigenvalue weighted by atomic mass is 10.1. The Kier molecular flexibility index (Phi) is 3.71. The van der Waals surface area contributed by atoms with Gasteiger partial charge in [0.15, 0.2) is 0 Å². The van der Waals surface area contributed by atoms with E-state index in [4.69, 9.17) is 4.74 Å². The highest BCUT2D eigenvalue weighted by Gasteiger charge is 2.44. The zero-order chi connectivity index (χ0) is 17.4. The molecule has 7 heteroatoms. The van der Waals surface area contributed by atoms with Gasteiger partial charge in [0.25, 0.3) is 0 Å². The minimum atomic E-state index is -0.145. The SMILES string of the molecule is Cn1ncc(COc2ccc3cc(CNC(=O)C4(C)CC4)[nH]c3c2)n1. The summed E-state index contributed by atoms with van der Waals surface area (Å²) < 4.78 is 5.77. The fourth-order valence-electron chi connectivity index (χ4n) is 2.77. The van der Waals surface area contributed by atoms with Crippen LogP contribution >= 0.6 is 0 Å². The number of aromatic nitrogens is 4. The number of nitrogens with one attached hydrogen (secondary N) is 2. The normalized spacial score (nSPS) is 15.3. The maximum absolute atomic E-state index is 12.0. The molecule has 0 atom stereocenters. The number of aryl methyl sites for hydroxylation is 1. The Balaban J connectivity index is 1.41. The van der Waals surface area contributed by atoms with Crippen molar-refractivity contribution in [1.29, 1.82) is 0 Å². The summed E-state index contributed by atoms with van der Waals surface area (Å²) in [5.41, 5.74) is 2.61. The highest BCUT2D eigenvalue weighted by Crippen LogP contribution is 2.45. The van der Waals surface area contributed by atoms with E-state index in [1.165, 1.54) is 4.80 Å². The number of fused-ring (bicyclic) bond motifs is 1. The first-order valence-corrected chi connectivity index (χ1v) is 8.40. The van der Waals surface area contributed by atoms with Gasteiger partial charge in [-0.25, -0.2) is 0 Å². The highest BCUT2D eigenvalue weighted by molar-refractivity contribution is 5.85. The molecule has 7 nitrogen and oxygen atoms in total. The number of carbonyl (C=O) groups excluding carboxylic acids is 1. The van der Waals surface area contributed by atoms with Crippen LogP contribution in [0, 0.1) is 5.41 Å². The maximum atomic E-state index is 12.0. The van der Waals surface area contributed by atoms with Crippen LogP contribution in [0.1, 0.15) is 31.2 Å². The van der Waals surface area contributed by atoms with Crippen LogP contribution < -0.4 is 10.1 Å². The zero-order valence-electron chi connectivity index (χ0n) is 14.4. The van der Waals surface area contributed by atoms with Crippen LogP contribution in [0.3, 0.4) is 0 Å². The summed E-state index contributed by atoms with van der Waals surface area (Å²) in [6.45, 7) is 2.90.